The summed E-state index contributed by atoms with van der Waals surface area (Å²) in [5, 5.41) is 0. The molecule has 2 aromatic heterocycles. The molecule has 0 saturated carbocycles. The highest BCUT2D eigenvalue weighted by Gasteiger charge is 2.30. The molecule has 0 N–H and O–H groups in total. The second kappa shape index (κ2) is 6.97. The molecule has 3 heterocycles. The number of hydrogen-bond acceptors (Lipinski definition) is 4. The average molecular weight is 358 g/mol. The van der Waals surface area contributed by atoms with Crippen molar-refractivity contribution in [1.82, 2.24) is 19.2 Å². The third-order valence-corrected chi connectivity index (χ3v) is 4.51. The molecule has 26 heavy (non-hydrogen) atoms. The quantitative estimate of drug-likeness (QED) is 0.827. The van der Waals surface area contributed by atoms with Crippen molar-refractivity contribution in [3.63, 3.8) is 0 Å². The number of fused-ring (bicyclic) bond motifs is 1. The molecule has 2 amide bonds. The van der Waals surface area contributed by atoms with E-state index in [1.165, 1.54) is 0 Å². The summed E-state index contributed by atoms with van der Waals surface area (Å²) in [5.41, 5.74) is 1.11. The van der Waals surface area contributed by atoms with Crippen molar-refractivity contribution >= 4 is 17.5 Å². The van der Waals surface area contributed by atoms with Gasteiger partial charge in [-0.3, -0.25) is 4.79 Å². The molecule has 1 aliphatic rings. The molecule has 2 aromatic rings. The number of piperazine rings is 1. The predicted molar refractivity (Wildman–Crippen MR) is 98.4 cm³/mol. The molecular weight excluding hydrogens is 332 g/mol. The van der Waals surface area contributed by atoms with Crippen molar-refractivity contribution in [2.75, 3.05) is 32.8 Å². The van der Waals surface area contributed by atoms with Gasteiger partial charge in [0.25, 0.3) is 5.91 Å². The summed E-state index contributed by atoms with van der Waals surface area (Å²) >= 11 is 0. The Kier molecular flexibility index (Phi) is 4.89. The second-order valence-electron chi connectivity index (χ2n) is 7.47. The van der Waals surface area contributed by atoms with Crippen molar-refractivity contribution in [3.8, 4) is 0 Å². The van der Waals surface area contributed by atoms with Crippen LogP contribution >= 0.6 is 0 Å². The van der Waals surface area contributed by atoms with Crippen LogP contribution in [0.3, 0.4) is 0 Å². The smallest absolute Gasteiger partial charge is 0.409 e. The molecule has 0 aromatic carbocycles. The summed E-state index contributed by atoms with van der Waals surface area (Å²) < 4.78 is 7.02. The van der Waals surface area contributed by atoms with E-state index in [4.69, 9.17) is 4.74 Å². The fraction of sp³-hybridized carbons (Fsp3) is 0.526. The summed E-state index contributed by atoms with van der Waals surface area (Å²) in [6, 6.07) is 5.78. The van der Waals surface area contributed by atoms with Gasteiger partial charge in [0, 0.05) is 37.8 Å². The first-order valence-corrected chi connectivity index (χ1v) is 9.01. The third-order valence-electron chi connectivity index (χ3n) is 4.51. The van der Waals surface area contributed by atoms with Gasteiger partial charge in [-0.15, -0.1) is 0 Å². The van der Waals surface area contributed by atoms with Crippen LogP contribution in [0.5, 0.6) is 0 Å². The van der Waals surface area contributed by atoms with Crippen LogP contribution in [0.2, 0.25) is 0 Å². The van der Waals surface area contributed by atoms with Gasteiger partial charge in [-0.1, -0.05) is 26.8 Å². The lowest BCUT2D eigenvalue weighted by Gasteiger charge is -2.33. The molecule has 0 spiro atoms. The first-order valence-electron chi connectivity index (χ1n) is 9.01. The zero-order valence-corrected chi connectivity index (χ0v) is 15.9. The van der Waals surface area contributed by atoms with E-state index in [0.717, 1.165) is 11.3 Å². The van der Waals surface area contributed by atoms with Gasteiger partial charge in [0.15, 0.2) is 5.69 Å². The Morgan fingerprint density at radius 1 is 1.12 bits per heavy atom. The van der Waals surface area contributed by atoms with Gasteiger partial charge in [0.1, 0.15) is 5.82 Å². The van der Waals surface area contributed by atoms with Crippen molar-refractivity contribution in [2.45, 2.75) is 33.1 Å². The first kappa shape index (κ1) is 18.2. The molecule has 0 atom stereocenters. The Morgan fingerprint density at radius 3 is 2.38 bits per heavy atom. The summed E-state index contributed by atoms with van der Waals surface area (Å²) in [6.45, 7) is 10.3. The summed E-state index contributed by atoms with van der Waals surface area (Å²) in [5.74, 6) is 0.773. The lowest BCUT2D eigenvalue weighted by molar-refractivity contribution is 0.0567. The van der Waals surface area contributed by atoms with Crippen LogP contribution in [0.15, 0.2) is 24.4 Å². The Labute approximate surface area is 153 Å². The molecule has 0 bridgehead atoms. The third kappa shape index (κ3) is 3.38. The number of rotatable bonds is 2. The van der Waals surface area contributed by atoms with Crippen molar-refractivity contribution in [1.29, 1.82) is 0 Å². The van der Waals surface area contributed by atoms with Gasteiger partial charge in [-0.25, -0.2) is 9.78 Å². The van der Waals surface area contributed by atoms with E-state index in [-0.39, 0.29) is 17.4 Å². The molecule has 7 heteroatoms. The molecular formula is C19H26N4O3. The monoisotopic (exact) mass is 358 g/mol. The van der Waals surface area contributed by atoms with E-state index in [1.807, 2.05) is 28.8 Å². The maximum Gasteiger partial charge on any atom is 0.409 e. The summed E-state index contributed by atoms with van der Waals surface area (Å²) in [7, 11) is 0. The number of amides is 2. The van der Waals surface area contributed by atoms with Crippen molar-refractivity contribution in [2.24, 2.45) is 0 Å². The highest BCUT2D eigenvalue weighted by molar-refractivity contribution is 5.99. The minimum Gasteiger partial charge on any atom is -0.450 e. The zero-order valence-electron chi connectivity index (χ0n) is 15.9. The average Bonchev–Trinajstić information content (AvgIpc) is 3.01. The van der Waals surface area contributed by atoms with Gasteiger partial charge in [-0.05, 0) is 19.1 Å². The highest BCUT2D eigenvalue weighted by atomic mass is 16.6. The van der Waals surface area contributed by atoms with Crippen molar-refractivity contribution in [3.05, 3.63) is 35.9 Å². The predicted octanol–water partition coefficient (Wildman–Crippen LogP) is 2.55. The number of carbonyl (C=O) groups excluding carboxylic acids is 2. The van der Waals surface area contributed by atoms with Gasteiger partial charge in [-0.2, -0.15) is 0 Å². The summed E-state index contributed by atoms with van der Waals surface area (Å²) in [4.78, 5) is 33.0. The maximum absolute atomic E-state index is 13.1. The SMILES string of the molecule is CCOC(=O)N1CCN(C(=O)c2nc(C(C)(C)C)n3ccccc23)CC1. The van der Waals surface area contributed by atoms with Gasteiger partial charge >= 0.3 is 6.09 Å². The van der Waals surface area contributed by atoms with E-state index in [1.54, 1.807) is 16.7 Å². The molecule has 0 unspecified atom stereocenters. The minimum atomic E-state index is -0.318. The highest BCUT2D eigenvalue weighted by Crippen LogP contribution is 2.25. The number of pyridine rings is 1. The van der Waals surface area contributed by atoms with Crippen molar-refractivity contribution < 1.29 is 14.3 Å². The molecule has 0 aliphatic carbocycles. The molecule has 0 radical (unpaired) electrons. The number of ether oxygens (including phenoxy) is 1. The fourth-order valence-corrected chi connectivity index (χ4v) is 3.18. The Morgan fingerprint density at radius 2 is 1.77 bits per heavy atom. The number of aromatic nitrogens is 2. The maximum atomic E-state index is 13.1. The number of carbonyl (C=O) groups is 2. The minimum absolute atomic E-state index is 0.0901. The van der Waals surface area contributed by atoms with Gasteiger partial charge < -0.3 is 18.9 Å². The molecule has 1 saturated heterocycles. The summed E-state index contributed by atoms with van der Waals surface area (Å²) in [6.07, 6.45) is 1.63. The van der Waals surface area contributed by atoms with Crippen LogP contribution < -0.4 is 0 Å². The number of imidazole rings is 1. The van der Waals surface area contributed by atoms with Crippen LogP contribution in [0.25, 0.3) is 5.52 Å². The number of nitrogens with zero attached hydrogens (tertiary/aromatic N) is 4. The second-order valence-corrected chi connectivity index (χ2v) is 7.47. The molecule has 3 rings (SSSR count). The zero-order chi connectivity index (χ0) is 18.9. The Hall–Kier alpha value is -2.57. The first-order chi connectivity index (χ1) is 12.3. The van der Waals surface area contributed by atoms with Gasteiger partial charge in [0.05, 0.1) is 12.1 Å². The van der Waals surface area contributed by atoms with E-state index in [0.29, 0.717) is 38.5 Å². The van der Waals surface area contributed by atoms with E-state index in [2.05, 4.69) is 25.8 Å². The Balaban J connectivity index is 1.82. The molecule has 1 fully saturated rings. The van der Waals surface area contributed by atoms with Crippen LogP contribution in [0.1, 0.15) is 44.0 Å². The standard InChI is InChI=1S/C19H26N4O3/c1-5-26-18(25)22-12-10-21(11-13-22)16(24)15-14-8-6-7-9-23(14)17(20-15)19(2,3)4/h6-9H,5,10-13H2,1-4H3. The largest absolute Gasteiger partial charge is 0.450 e. The lowest BCUT2D eigenvalue weighted by atomic mass is 9.96. The molecule has 140 valence electrons. The van der Waals surface area contributed by atoms with E-state index >= 15 is 0 Å². The van der Waals surface area contributed by atoms with E-state index in [9.17, 15) is 9.59 Å². The molecule has 1 aliphatic heterocycles. The van der Waals surface area contributed by atoms with Gasteiger partial charge in [0.2, 0.25) is 0 Å². The normalized spacial score (nSPS) is 15.4. The van der Waals surface area contributed by atoms with Crippen LogP contribution in [0.4, 0.5) is 4.79 Å². The Bertz CT molecular complexity index is 814. The molecule has 7 nitrogen and oxygen atoms in total. The van der Waals surface area contributed by atoms with Crippen LogP contribution in [0, 0.1) is 0 Å². The van der Waals surface area contributed by atoms with E-state index < -0.39 is 0 Å². The van der Waals surface area contributed by atoms with Crippen LogP contribution in [-0.4, -0.2) is 64.0 Å². The number of hydrogen-bond donors (Lipinski definition) is 0. The fourth-order valence-electron chi connectivity index (χ4n) is 3.18. The van der Waals surface area contributed by atoms with Crippen LogP contribution in [-0.2, 0) is 10.2 Å². The lowest BCUT2D eigenvalue weighted by Crippen LogP contribution is -2.50. The topological polar surface area (TPSA) is 67.2 Å².